The minimum Gasteiger partial charge on any atom is -0.394 e. The maximum atomic E-state index is 10.7. The van der Waals surface area contributed by atoms with Gasteiger partial charge in [0.25, 0.3) is 0 Å². The van der Waals surface area contributed by atoms with Crippen LogP contribution < -0.4 is 0 Å². The lowest BCUT2D eigenvalue weighted by molar-refractivity contribution is -0.368. The Morgan fingerprint density at radius 2 is 0.778 bits per heavy atom. The molecule has 21 nitrogen and oxygen atoms in total. The fourth-order valence-corrected chi connectivity index (χ4v) is 5.33. The van der Waals surface area contributed by atoms with Gasteiger partial charge >= 0.3 is 0 Å². The fraction of sp³-hybridized carbons (Fsp3) is 1.00. The standard InChI is InChI=1S/C24H42O21/c25-1-5-9(27)12(30)17(35)22(42-5)39-3-7-11(29)14(32)19(37)24(44-7)45-20-8(41-21(38)16(34)15(20)33)4-40-23-18(36)13(31)10(28)6(2-26)43-23/h5-38H,1-4H2/t5?,6?,7?,8?,9-,10-,11+,12?,13-,14-,15+,16+,17-,18?,19+,20+,21+,22?,23+,24-/m0/s1. The fourth-order valence-electron chi connectivity index (χ4n) is 5.33. The molecule has 7 unspecified atom stereocenters. The van der Waals surface area contributed by atoms with E-state index in [1.165, 1.54) is 0 Å². The Kier molecular flexibility index (Phi) is 12.8. The van der Waals surface area contributed by atoms with E-state index in [9.17, 15) is 71.5 Å². The number of rotatable bonds is 10. The van der Waals surface area contributed by atoms with E-state index in [1.807, 2.05) is 0 Å². The van der Waals surface area contributed by atoms with Gasteiger partial charge < -0.3 is 105 Å². The van der Waals surface area contributed by atoms with E-state index in [0.717, 1.165) is 0 Å². The van der Waals surface area contributed by atoms with Crippen LogP contribution in [0.1, 0.15) is 0 Å². The molecule has 21 heteroatoms. The molecular formula is C24H42O21. The van der Waals surface area contributed by atoms with Gasteiger partial charge in [-0.15, -0.1) is 0 Å². The van der Waals surface area contributed by atoms with Gasteiger partial charge in [0.2, 0.25) is 0 Å². The number of aliphatic hydroxyl groups excluding tert-OH is 14. The minimum atomic E-state index is -1.99. The highest BCUT2D eigenvalue weighted by Gasteiger charge is 2.52. The second kappa shape index (κ2) is 15.6. The van der Waals surface area contributed by atoms with Crippen LogP contribution >= 0.6 is 0 Å². The van der Waals surface area contributed by atoms with Gasteiger partial charge in [-0.2, -0.15) is 0 Å². The predicted molar refractivity (Wildman–Crippen MR) is 134 cm³/mol. The highest BCUT2D eigenvalue weighted by atomic mass is 16.8. The number of hydrogen-bond donors (Lipinski definition) is 14. The molecule has 0 radical (unpaired) electrons. The van der Waals surface area contributed by atoms with Gasteiger partial charge in [0.15, 0.2) is 25.2 Å². The summed E-state index contributed by atoms with van der Waals surface area (Å²) in [5.41, 5.74) is 0. The van der Waals surface area contributed by atoms with Crippen molar-refractivity contribution in [2.45, 2.75) is 123 Å². The van der Waals surface area contributed by atoms with Crippen molar-refractivity contribution >= 4 is 0 Å². The Bertz CT molecular complexity index is 914. The van der Waals surface area contributed by atoms with Gasteiger partial charge in [-0.25, -0.2) is 0 Å². The van der Waals surface area contributed by atoms with E-state index in [2.05, 4.69) is 0 Å². The Morgan fingerprint density at radius 3 is 1.24 bits per heavy atom. The number of hydrogen-bond acceptors (Lipinski definition) is 21. The van der Waals surface area contributed by atoms with Crippen LogP contribution in [0.3, 0.4) is 0 Å². The summed E-state index contributed by atoms with van der Waals surface area (Å²) >= 11 is 0. The van der Waals surface area contributed by atoms with Crippen LogP contribution in [0.25, 0.3) is 0 Å². The highest BCUT2D eigenvalue weighted by molar-refractivity contribution is 4.95. The van der Waals surface area contributed by atoms with E-state index in [-0.39, 0.29) is 0 Å². The third-order valence-corrected chi connectivity index (χ3v) is 8.17. The van der Waals surface area contributed by atoms with E-state index in [1.54, 1.807) is 0 Å². The van der Waals surface area contributed by atoms with Gasteiger partial charge in [0.1, 0.15) is 97.7 Å². The van der Waals surface area contributed by atoms with Crippen LogP contribution in [-0.4, -0.2) is 221 Å². The SMILES string of the molecule is OCC1OC(OCC2O[C@@H](O[C@@H]3C(CO[C@@H]4OC(CO)[C@H](O)[C@H](O)C4O)O[C@@H](O)[C@H](O)[C@H]3O)[C@H](O)[C@@H](O)[C@@H]2O)[C@@H](O)C(O)[C@H]1O. The van der Waals surface area contributed by atoms with Crippen molar-refractivity contribution in [1.82, 2.24) is 0 Å². The molecule has 0 bridgehead atoms. The van der Waals surface area contributed by atoms with Crippen LogP contribution in [0.15, 0.2) is 0 Å². The lowest BCUT2D eigenvalue weighted by Crippen LogP contribution is -2.65. The molecule has 4 aliphatic rings. The summed E-state index contributed by atoms with van der Waals surface area (Å²) in [6.45, 7) is -2.90. The Morgan fingerprint density at radius 1 is 0.378 bits per heavy atom. The first-order chi connectivity index (χ1) is 21.2. The summed E-state index contributed by atoms with van der Waals surface area (Å²) < 4.78 is 37.6. The Labute approximate surface area is 254 Å². The molecule has 14 N–H and O–H groups in total. The Balaban J connectivity index is 1.43. The van der Waals surface area contributed by atoms with Gasteiger partial charge in [0.05, 0.1) is 26.4 Å². The zero-order valence-corrected chi connectivity index (χ0v) is 23.5. The maximum Gasteiger partial charge on any atom is 0.187 e. The van der Waals surface area contributed by atoms with Crippen molar-refractivity contribution < 1.29 is 105 Å². The van der Waals surface area contributed by atoms with Crippen LogP contribution in [0.4, 0.5) is 0 Å². The third-order valence-electron chi connectivity index (χ3n) is 8.17. The summed E-state index contributed by atoms with van der Waals surface area (Å²) in [4.78, 5) is 0. The van der Waals surface area contributed by atoms with Crippen molar-refractivity contribution in [3.05, 3.63) is 0 Å². The number of ether oxygens (including phenoxy) is 7. The molecule has 4 fully saturated rings. The summed E-state index contributed by atoms with van der Waals surface area (Å²) in [5, 5.41) is 141. The molecule has 0 saturated carbocycles. The summed E-state index contributed by atoms with van der Waals surface area (Å²) in [5.74, 6) is 0. The topological polar surface area (TPSA) is 348 Å². The van der Waals surface area contributed by atoms with Gasteiger partial charge in [0, 0.05) is 0 Å². The van der Waals surface area contributed by atoms with Crippen molar-refractivity contribution in [3.63, 3.8) is 0 Å². The van der Waals surface area contributed by atoms with Crippen LogP contribution in [-0.2, 0) is 33.2 Å². The van der Waals surface area contributed by atoms with E-state index in [0.29, 0.717) is 0 Å². The van der Waals surface area contributed by atoms with Crippen LogP contribution in [0, 0.1) is 0 Å². The van der Waals surface area contributed by atoms with E-state index in [4.69, 9.17) is 33.2 Å². The van der Waals surface area contributed by atoms with Crippen molar-refractivity contribution in [2.24, 2.45) is 0 Å². The number of aliphatic hydroxyl groups is 14. The summed E-state index contributed by atoms with van der Waals surface area (Å²) in [6.07, 6.45) is -34.9. The quantitative estimate of drug-likeness (QED) is 0.103. The highest BCUT2D eigenvalue weighted by Crippen LogP contribution is 2.31. The zero-order chi connectivity index (χ0) is 33.3. The molecule has 45 heavy (non-hydrogen) atoms. The van der Waals surface area contributed by atoms with E-state index >= 15 is 0 Å². The van der Waals surface area contributed by atoms with Gasteiger partial charge in [-0.1, -0.05) is 0 Å². The molecule has 0 aromatic rings. The molecule has 0 aromatic carbocycles. The smallest absolute Gasteiger partial charge is 0.187 e. The van der Waals surface area contributed by atoms with Crippen LogP contribution in [0.5, 0.6) is 0 Å². The largest absolute Gasteiger partial charge is 0.394 e. The van der Waals surface area contributed by atoms with Crippen molar-refractivity contribution in [3.8, 4) is 0 Å². The summed E-state index contributed by atoms with van der Waals surface area (Å²) in [7, 11) is 0. The third kappa shape index (κ3) is 7.75. The van der Waals surface area contributed by atoms with Crippen LogP contribution in [0.2, 0.25) is 0 Å². The minimum absolute atomic E-state index is 0.692. The average Bonchev–Trinajstić information content (AvgIpc) is 3.02. The second-order valence-electron chi connectivity index (χ2n) is 11.2. The van der Waals surface area contributed by atoms with E-state index < -0.39 is 149 Å². The van der Waals surface area contributed by atoms with Crippen molar-refractivity contribution in [2.75, 3.05) is 26.4 Å². The molecule has 20 atom stereocenters. The van der Waals surface area contributed by atoms with Crippen molar-refractivity contribution in [1.29, 1.82) is 0 Å². The zero-order valence-electron chi connectivity index (χ0n) is 23.5. The Hall–Kier alpha value is -0.840. The molecule has 0 amide bonds. The molecule has 4 rings (SSSR count). The molecule has 4 heterocycles. The molecule has 264 valence electrons. The average molecular weight is 667 g/mol. The maximum absolute atomic E-state index is 10.7. The molecule has 4 aliphatic heterocycles. The second-order valence-corrected chi connectivity index (χ2v) is 11.2. The monoisotopic (exact) mass is 666 g/mol. The predicted octanol–water partition coefficient (Wildman–Crippen LogP) is -9.75. The molecule has 0 spiro atoms. The first kappa shape index (κ1) is 37.0. The molecular weight excluding hydrogens is 624 g/mol. The lowest BCUT2D eigenvalue weighted by Gasteiger charge is -2.46. The van der Waals surface area contributed by atoms with Gasteiger partial charge in [-0.05, 0) is 0 Å². The molecule has 0 aromatic heterocycles. The first-order valence-electron chi connectivity index (χ1n) is 14.1. The first-order valence-corrected chi connectivity index (χ1v) is 14.1. The molecule has 4 saturated heterocycles. The summed E-state index contributed by atoms with van der Waals surface area (Å²) in [6, 6.07) is 0. The molecule has 0 aliphatic carbocycles. The normalized spacial score (nSPS) is 52.9. The lowest BCUT2D eigenvalue weighted by atomic mass is 9.96. The van der Waals surface area contributed by atoms with Gasteiger partial charge in [-0.3, -0.25) is 0 Å².